The summed E-state index contributed by atoms with van der Waals surface area (Å²) in [6.45, 7) is 2.12. The highest BCUT2D eigenvalue weighted by atomic mass is 16.2. The molecule has 1 saturated heterocycles. The summed E-state index contributed by atoms with van der Waals surface area (Å²) in [5.74, 6) is -0.161. The molecule has 3 heteroatoms. The number of hydrogen-bond donors (Lipinski definition) is 0. The van der Waals surface area contributed by atoms with Gasteiger partial charge in [-0.05, 0) is 30.9 Å². The second kappa shape index (κ2) is 5.23. The van der Waals surface area contributed by atoms with Crippen molar-refractivity contribution < 1.29 is 9.59 Å². The van der Waals surface area contributed by atoms with Crippen molar-refractivity contribution in [3.05, 3.63) is 42.5 Å². The molecule has 1 aliphatic carbocycles. The van der Waals surface area contributed by atoms with Gasteiger partial charge in [-0.1, -0.05) is 43.7 Å². The first-order chi connectivity index (χ1) is 9.74. The topological polar surface area (TPSA) is 37.4 Å². The second-order valence-corrected chi connectivity index (χ2v) is 5.60. The average Bonchev–Trinajstić information content (AvgIpc) is 2.73. The highest BCUT2D eigenvalue weighted by Crippen LogP contribution is 2.41. The predicted molar refractivity (Wildman–Crippen MR) is 78.1 cm³/mol. The van der Waals surface area contributed by atoms with Crippen LogP contribution < -0.4 is 4.90 Å². The van der Waals surface area contributed by atoms with Gasteiger partial charge < -0.3 is 0 Å². The number of carbonyl (C=O) groups excluding carboxylic acids is 2. The van der Waals surface area contributed by atoms with Crippen molar-refractivity contribution in [2.75, 3.05) is 4.90 Å². The minimum absolute atomic E-state index is 0.0194. The zero-order valence-corrected chi connectivity index (χ0v) is 11.7. The Morgan fingerprint density at radius 2 is 1.90 bits per heavy atom. The van der Waals surface area contributed by atoms with Gasteiger partial charge >= 0.3 is 0 Å². The first kappa shape index (κ1) is 13.1. The minimum Gasteiger partial charge on any atom is -0.274 e. The van der Waals surface area contributed by atoms with E-state index in [0.717, 1.165) is 12.8 Å². The number of fused-ring (bicyclic) bond motifs is 1. The summed E-state index contributed by atoms with van der Waals surface area (Å²) in [5.41, 5.74) is 0.701. The van der Waals surface area contributed by atoms with Crippen molar-refractivity contribution in [3.8, 4) is 0 Å². The summed E-state index contributed by atoms with van der Waals surface area (Å²) < 4.78 is 0. The summed E-state index contributed by atoms with van der Waals surface area (Å²) in [7, 11) is 0. The van der Waals surface area contributed by atoms with E-state index < -0.39 is 0 Å². The maximum Gasteiger partial charge on any atom is 0.238 e. The van der Waals surface area contributed by atoms with Crippen LogP contribution >= 0.6 is 0 Å². The molecule has 0 aromatic heterocycles. The van der Waals surface area contributed by atoms with Crippen molar-refractivity contribution in [2.24, 2.45) is 17.8 Å². The van der Waals surface area contributed by atoms with Gasteiger partial charge in [-0.2, -0.15) is 0 Å². The molecule has 1 aromatic carbocycles. The predicted octanol–water partition coefficient (Wildman–Crippen LogP) is 3.17. The quantitative estimate of drug-likeness (QED) is 0.624. The number of imide groups is 1. The largest absolute Gasteiger partial charge is 0.274 e. The monoisotopic (exact) mass is 269 g/mol. The Balaban J connectivity index is 1.94. The summed E-state index contributed by atoms with van der Waals surface area (Å²) in [6.07, 6.45) is 6.90. The second-order valence-electron chi connectivity index (χ2n) is 5.60. The van der Waals surface area contributed by atoms with E-state index in [2.05, 4.69) is 19.1 Å². The highest BCUT2D eigenvalue weighted by Gasteiger charge is 2.51. The van der Waals surface area contributed by atoms with Gasteiger partial charge in [-0.3, -0.25) is 14.5 Å². The fourth-order valence-corrected chi connectivity index (χ4v) is 3.44. The van der Waals surface area contributed by atoms with E-state index >= 15 is 0 Å². The zero-order chi connectivity index (χ0) is 14.1. The van der Waals surface area contributed by atoms with E-state index in [0.29, 0.717) is 12.1 Å². The number of benzene rings is 1. The van der Waals surface area contributed by atoms with E-state index in [9.17, 15) is 9.59 Å². The molecule has 1 fully saturated rings. The van der Waals surface area contributed by atoms with Crippen LogP contribution in [0.25, 0.3) is 0 Å². The van der Waals surface area contributed by atoms with Crippen LogP contribution in [-0.4, -0.2) is 11.8 Å². The molecule has 3 atom stereocenters. The molecule has 2 aliphatic rings. The number of allylic oxidation sites excluding steroid dienone is 2. The van der Waals surface area contributed by atoms with Crippen LogP contribution in [0.4, 0.5) is 5.69 Å². The van der Waals surface area contributed by atoms with Crippen LogP contribution in [0.15, 0.2) is 42.5 Å². The van der Waals surface area contributed by atoms with Crippen LogP contribution in [0.3, 0.4) is 0 Å². The minimum atomic E-state index is -0.163. The van der Waals surface area contributed by atoms with Gasteiger partial charge in [0.1, 0.15) is 0 Å². The molecule has 20 heavy (non-hydrogen) atoms. The molecule has 2 amide bonds. The van der Waals surface area contributed by atoms with Crippen molar-refractivity contribution in [1.82, 2.24) is 0 Å². The Hall–Kier alpha value is -1.90. The number of carbonyl (C=O) groups is 2. The van der Waals surface area contributed by atoms with Crippen LogP contribution in [0, 0.1) is 17.8 Å². The molecule has 0 saturated carbocycles. The molecular formula is C17H19NO2. The van der Waals surface area contributed by atoms with E-state index in [4.69, 9.17) is 0 Å². The summed E-state index contributed by atoms with van der Waals surface area (Å²) in [4.78, 5) is 26.7. The molecule has 3 nitrogen and oxygen atoms in total. The molecule has 0 N–H and O–H groups in total. The van der Waals surface area contributed by atoms with Crippen LogP contribution in [0.1, 0.15) is 26.2 Å². The lowest BCUT2D eigenvalue weighted by Gasteiger charge is -2.25. The molecule has 1 aliphatic heterocycles. The maximum atomic E-state index is 12.7. The molecule has 1 heterocycles. The first-order valence-corrected chi connectivity index (χ1v) is 7.33. The van der Waals surface area contributed by atoms with Gasteiger partial charge in [0.2, 0.25) is 11.8 Å². The van der Waals surface area contributed by atoms with Crippen molar-refractivity contribution >= 4 is 17.5 Å². The van der Waals surface area contributed by atoms with Crippen LogP contribution in [0.5, 0.6) is 0 Å². The molecule has 3 rings (SSSR count). The molecular weight excluding hydrogens is 250 g/mol. The molecule has 0 bridgehead atoms. The van der Waals surface area contributed by atoms with Crippen molar-refractivity contribution in [3.63, 3.8) is 0 Å². The number of nitrogens with zero attached hydrogens (tertiary/aromatic N) is 1. The van der Waals surface area contributed by atoms with Crippen LogP contribution in [0.2, 0.25) is 0 Å². The van der Waals surface area contributed by atoms with Crippen molar-refractivity contribution in [1.29, 1.82) is 0 Å². The lowest BCUT2D eigenvalue weighted by molar-refractivity contribution is -0.122. The molecule has 104 valence electrons. The molecule has 1 unspecified atom stereocenters. The Morgan fingerprint density at radius 3 is 2.60 bits per heavy atom. The van der Waals surface area contributed by atoms with E-state index in [-0.39, 0.29) is 29.6 Å². The van der Waals surface area contributed by atoms with E-state index in [1.165, 1.54) is 4.90 Å². The Kier molecular flexibility index (Phi) is 3.43. The number of anilines is 1. The fraction of sp³-hybridized carbons (Fsp3) is 0.412. The maximum absolute atomic E-state index is 12.7. The van der Waals surface area contributed by atoms with E-state index in [1.54, 1.807) is 0 Å². The molecule has 0 radical (unpaired) electrons. The van der Waals surface area contributed by atoms with Gasteiger partial charge in [-0.25, -0.2) is 0 Å². The third-order valence-corrected chi connectivity index (χ3v) is 4.35. The number of rotatable bonds is 3. The highest BCUT2D eigenvalue weighted by molar-refractivity contribution is 6.22. The lowest BCUT2D eigenvalue weighted by Crippen LogP contribution is -2.31. The zero-order valence-electron chi connectivity index (χ0n) is 11.7. The number of para-hydroxylation sites is 1. The first-order valence-electron chi connectivity index (χ1n) is 7.33. The van der Waals surface area contributed by atoms with E-state index in [1.807, 2.05) is 30.3 Å². The number of amides is 2. The smallest absolute Gasteiger partial charge is 0.238 e. The summed E-state index contributed by atoms with van der Waals surface area (Å²) in [6, 6.07) is 9.27. The van der Waals surface area contributed by atoms with Gasteiger partial charge in [0.05, 0.1) is 17.5 Å². The number of hydrogen-bond acceptors (Lipinski definition) is 2. The Morgan fingerprint density at radius 1 is 1.15 bits per heavy atom. The van der Waals surface area contributed by atoms with Gasteiger partial charge in [0.25, 0.3) is 0 Å². The molecule has 0 spiro atoms. The lowest BCUT2D eigenvalue weighted by atomic mass is 9.75. The normalized spacial score (nSPS) is 28.9. The van der Waals surface area contributed by atoms with Gasteiger partial charge in [-0.15, -0.1) is 0 Å². The summed E-state index contributed by atoms with van der Waals surface area (Å²) >= 11 is 0. The fourth-order valence-electron chi connectivity index (χ4n) is 3.44. The Bertz CT molecular complexity index is 549. The summed E-state index contributed by atoms with van der Waals surface area (Å²) in [5, 5.41) is 0. The van der Waals surface area contributed by atoms with Gasteiger partial charge in [0.15, 0.2) is 0 Å². The van der Waals surface area contributed by atoms with Crippen molar-refractivity contribution in [2.45, 2.75) is 26.2 Å². The van der Waals surface area contributed by atoms with Crippen LogP contribution in [-0.2, 0) is 9.59 Å². The SMILES string of the molecule is CCC[C@@H]1C=CCC2C(=O)N(c3ccccc3)C(=O)[C@@H]21. The third kappa shape index (κ3) is 1.98. The molecule has 1 aromatic rings. The Labute approximate surface area is 119 Å². The van der Waals surface area contributed by atoms with Gasteiger partial charge in [0, 0.05) is 0 Å². The third-order valence-electron chi connectivity index (χ3n) is 4.35. The average molecular weight is 269 g/mol. The standard InChI is InChI=1S/C17H19NO2/c1-2-7-12-8-6-11-14-15(12)17(20)18(16(14)19)13-9-4-3-5-10-13/h3-6,8-10,12,14-15H,2,7,11H2,1H3/t12-,14?,15-/m1/s1.